The highest BCUT2D eigenvalue weighted by Crippen LogP contribution is 2.33. The van der Waals surface area contributed by atoms with Gasteiger partial charge in [-0.25, -0.2) is 0 Å². The maximum absolute atomic E-state index is 13.0. The summed E-state index contributed by atoms with van der Waals surface area (Å²) >= 11 is 5.24. The first-order valence-electron chi connectivity index (χ1n) is 10.1. The molecule has 1 aliphatic rings. The molecule has 2 aromatic heterocycles. The van der Waals surface area contributed by atoms with Gasteiger partial charge in [0.2, 0.25) is 0 Å². The van der Waals surface area contributed by atoms with Crippen molar-refractivity contribution in [1.29, 1.82) is 0 Å². The number of fused-ring (bicyclic) bond motifs is 1. The van der Waals surface area contributed by atoms with E-state index in [0.29, 0.717) is 18.8 Å². The van der Waals surface area contributed by atoms with Gasteiger partial charge in [0, 0.05) is 19.7 Å². The van der Waals surface area contributed by atoms with E-state index in [9.17, 15) is 4.79 Å². The summed E-state index contributed by atoms with van der Waals surface area (Å²) in [6, 6.07) is 12.8. The van der Waals surface area contributed by atoms with E-state index in [1.807, 2.05) is 6.07 Å². The van der Waals surface area contributed by atoms with Gasteiger partial charge in [-0.2, -0.15) is 0 Å². The van der Waals surface area contributed by atoms with E-state index >= 15 is 0 Å². The molecule has 154 valence electrons. The predicted octanol–water partition coefficient (Wildman–Crippen LogP) is 5.72. The Morgan fingerprint density at radius 2 is 2.03 bits per heavy atom. The molecular weight excluding hydrogens is 448 g/mol. The second-order valence-electron chi connectivity index (χ2n) is 8.71. The summed E-state index contributed by atoms with van der Waals surface area (Å²) in [5, 5.41) is 3.07. The van der Waals surface area contributed by atoms with E-state index in [1.54, 1.807) is 11.3 Å². The molecule has 0 radical (unpaired) electrons. The quantitative estimate of drug-likeness (QED) is 0.513. The van der Waals surface area contributed by atoms with Crippen LogP contribution in [0.15, 0.2) is 40.2 Å². The van der Waals surface area contributed by atoms with Crippen LogP contribution in [0.4, 0.5) is 0 Å². The molecule has 1 fully saturated rings. The van der Waals surface area contributed by atoms with Crippen molar-refractivity contribution in [2.75, 3.05) is 13.2 Å². The van der Waals surface area contributed by atoms with E-state index in [0.717, 1.165) is 33.5 Å². The van der Waals surface area contributed by atoms with E-state index in [1.165, 1.54) is 11.1 Å². The molecule has 0 bridgehead atoms. The van der Waals surface area contributed by atoms with Crippen LogP contribution in [-0.4, -0.2) is 29.7 Å². The topological polar surface area (TPSA) is 43.3 Å². The molecule has 4 rings (SSSR count). The van der Waals surface area contributed by atoms with Crippen LogP contribution >= 0.6 is 27.3 Å². The van der Waals surface area contributed by atoms with Crippen LogP contribution < -0.4 is 5.32 Å². The number of aromatic nitrogens is 1. The van der Waals surface area contributed by atoms with Gasteiger partial charge >= 0.3 is 0 Å². The molecular formula is C23H27BrN2O2S. The summed E-state index contributed by atoms with van der Waals surface area (Å²) in [6.07, 6.45) is 2.23. The maximum atomic E-state index is 13.0. The number of nitrogens with zero attached hydrogens (tertiary/aromatic N) is 1. The number of thiophene rings is 1. The Morgan fingerprint density at radius 1 is 1.28 bits per heavy atom. The minimum absolute atomic E-state index is 0.0358. The third-order valence-electron chi connectivity index (χ3n) is 5.47. The molecule has 29 heavy (non-hydrogen) atoms. The van der Waals surface area contributed by atoms with Crippen molar-refractivity contribution < 1.29 is 9.53 Å². The Balaban J connectivity index is 1.59. The standard InChI is InChI=1S/C23H27BrN2O2S/c1-23(2,3)16-8-6-15(7-9-16)14-26-18-12-21(24)29-20(18)11-19(26)22(27)25-13-17-5-4-10-28-17/h6-9,11-12,17H,4-5,10,13-14H2,1-3H3,(H,25,27)/t17-/m1/s1. The summed E-state index contributed by atoms with van der Waals surface area (Å²) < 4.78 is 9.95. The zero-order chi connectivity index (χ0) is 20.6. The normalized spacial score (nSPS) is 17.2. The van der Waals surface area contributed by atoms with Crippen LogP contribution in [-0.2, 0) is 16.7 Å². The zero-order valence-electron chi connectivity index (χ0n) is 17.1. The van der Waals surface area contributed by atoms with Gasteiger partial charge in [0.1, 0.15) is 5.69 Å². The number of halogens is 1. The molecule has 1 aliphatic heterocycles. The van der Waals surface area contributed by atoms with Gasteiger partial charge in [-0.15, -0.1) is 11.3 Å². The first-order chi connectivity index (χ1) is 13.8. The molecule has 1 saturated heterocycles. The van der Waals surface area contributed by atoms with Crippen LogP contribution in [0.25, 0.3) is 10.2 Å². The highest BCUT2D eigenvalue weighted by molar-refractivity contribution is 9.11. The monoisotopic (exact) mass is 474 g/mol. The fourth-order valence-corrected chi connectivity index (χ4v) is 5.33. The SMILES string of the molecule is CC(C)(C)c1ccc(Cn2c(C(=O)NC[C@H]3CCCO3)cc3sc(Br)cc32)cc1. The average molecular weight is 475 g/mol. The van der Waals surface area contributed by atoms with E-state index in [4.69, 9.17) is 4.74 Å². The highest BCUT2D eigenvalue weighted by atomic mass is 79.9. The molecule has 4 nitrogen and oxygen atoms in total. The van der Waals surface area contributed by atoms with Gasteiger partial charge in [0.05, 0.1) is 20.1 Å². The first kappa shape index (κ1) is 20.6. The second-order valence-corrected chi connectivity index (χ2v) is 11.2. The summed E-state index contributed by atoms with van der Waals surface area (Å²) in [5.41, 5.74) is 4.42. The van der Waals surface area contributed by atoms with Gasteiger partial charge in [-0.3, -0.25) is 4.79 Å². The Bertz CT molecular complexity index is 1010. The summed E-state index contributed by atoms with van der Waals surface area (Å²) in [5.74, 6) is -0.0358. The maximum Gasteiger partial charge on any atom is 0.268 e. The van der Waals surface area contributed by atoms with Crippen LogP contribution in [0.2, 0.25) is 0 Å². The zero-order valence-corrected chi connectivity index (χ0v) is 19.5. The number of rotatable bonds is 5. The van der Waals surface area contributed by atoms with Crippen molar-refractivity contribution in [2.24, 2.45) is 0 Å². The van der Waals surface area contributed by atoms with Gasteiger partial charge in [0.25, 0.3) is 5.91 Å². The number of amides is 1. The largest absolute Gasteiger partial charge is 0.376 e. The Morgan fingerprint density at radius 3 is 2.69 bits per heavy atom. The van der Waals surface area contributed by atoms with Crippen molar-refractivity contribution in [3.63, 3.8) is 0 Å². The lowest BCUT2D eigenvalue weighted by Crippen LogP contribution is -2.33. The van der Waals surface area contributed by atoms with Crippen molar-refractivity contribution in [2.45, 2.75) is 51.7 Å². The number of hydrogen-bond acceptors (Lipinski definition) is 3. The second kappa shape index (κ2) is 8.25. The number of ether oxygens (including phenoxy) is 1. The lowest BCUT2D eigenvalue weighted by atomic mass is 9.87. The van der Waals surface area contributed by atoms with Gasteiger partial charge in [-0.05, 0) is 57.4 Å². The number of nitrogens with one attached hydrogen (secondary N) is 1. The van der Waals surface area contributed by atoms with Gasteiger partial charge < -0.3 is 14.6 Å². The Kier molecular flexibility index (Phi) is 5.87. The number of benzene rings is 1. The minimum Gasteiger partial charge on any atom is -0.376 e. The fraction of sp³-hybridized carbons (Fsp3) is 0.435. The molecule has 1 N–H and O–H groups in total. The number of carbonyl (C=O) groups excluding carboxylic acids is 1. The molecule has 0 aliphatic carbocycles. The van der Waals surface area contributed by atoms with E-state index < -0.39 is 0 Å². The van der Waals surface area contributed by atoms with Gasteiger partial charge in [0.15, 0.2) is 0 Å². The molecule has 3 aromatic rings. The molecule has 0 unspecified atom stereocenters. The highest BCUT2D eigenvalue weighted by Gasteiger charge is 2.21. The molecule has 0 saturated carbocycles. The van der Waals surface area contributed by atoms with Crippen molar-refractivity contribution in [1.82, 2.24) is 9.88 Å². The van der Waals surface area contributed by atoms with Crippen molar-refractivity contribution in [3.05, 3.63) is 57.0 Å². The molecule has 0 spiro atoms. The Hall–Kier alpha value is -1.63. The molecule has 6 heteroatoms. The lowest BCUT2D eigenvalue weighted by Gasteiger charge is -2.19. The summed E-state index contributed by atoms with van der Waals surface area (Å²) in [7, 11) is 0. The van der Waals surface area contributed by atoms with Gasteiger partial charge in [-0.1, -0.05) is 45.0 Å². The van der Waals surface area contributed by atoms with Crippen molar-refractivity contribution in [3.8, 4) is 0 Å². The van der Waals surface area contributed by atoms with E-state index in [2.05, 4.69) is 76.9 Å². The first-order valence-corrected chi connectivity index (χ1v) is 11.7. The third-order valence-corrected chi connectivity index (χ3v) is 7.04. The minimum atomic E-state index is -0.0358. The molecule has 1 atom stereocenters. The summed E-state index contributed by atoms with van der Waals surface area (Å²) in [6.45, 7) is 8.69. The molecule has 1 aromatic carbocycles. The van der Waals surface area contributed by atoms with Crippen LogP contribution in [0.3, 0.4) is 0 Å². The van der Waals surface area contributed by atoms with E-state index in [-0.39, 0.29) is 17.4 Å². The van der Waals surface area contributed by atoms with Crippen LogP contribution in [0.5, 0.6) is 0 Å². The molecule has 3 heterocycles. The summed E-state index contributed by atoms with van der Waals surface area (Å²) in [4.78, 5) is 13.0. The number of hydrogen-bond donors (Lipinski definition) is 1. The van der Waals surface area contributed by atoms with Crippen LogP contribution in [0.1, 0.15) is 55.2 Å². The average Bonchev–Trinajstić information content (AvgIpc) is 3.37. The third kappa shape index (κ3) is 4.60. The smallest absolute Gasteiger partial charge is 0.268 e. The molecule has 1 amide bonds. The number of carbonyl (C=O) groups is 1. The van der Waals surface area contributed by atoms with Crippen LogP contribution in [0, 0.1) is 0 Å². The Labute approximate surface area is 184 Å². The lowest BCUT2D eigenvalue weighted by molar-refractivity contribution is 0.0851. The fourth-order valence-electron chi connectivity index (χ4n) is 3.77. The predicted molar refractivity (Wildman–Crippen MR) is 123 cm³/mol. The van der Waals surface area contributed by atoms with Crippen molar-refractivity contribution >= 4 is 43.4 Å².